The number of benzene rings is 1. The van der Waals surface area contributed by atoms with Crippen molar-refractivity contribution >= 4 is 17.4 Å². The van der Waals surface area contributed by atoms with E-state index in [1.807, 2.05) is 31.2 Å². The maximum Gasteiger partial charge on any atom is 0.222 e. The van der Waals surface area contributed by atoms with Gasteiger partial charge < -0.3 is 10.5 Å². The molecule has 0 fully saturated rings. The Balaban J connectivity index is 2.16. The number of hydrogen-bond donors (Lipinski definition) is 1. The summed E-state index contributed by atoms with van der Waals surface area (Å²) in [5.41, 5.74) is 7.51. The largest absolute Gasteiger partial charge is 0.472 e. The first kappa shape index (κ1) is 12.6. The number of nitrogens with two attached hydrogens (primary N) is 1. The number of nitrogens with zero attached hydrogens (tertiary/aromatic N) is 2. The Hall–Kier alpha value is -1.81. The summed E-state index contributed by atoms with van der Waals surface area (Å²) >= 11 is 6.06. The van der Waals surface area contributed by atoms with Crippen LogP contribution in [-0.2, 0) is 13.0 Å². The number of ether oxygens (including phenoxy) is 1. The molecular formula is C13H14ClN3O. The van der Waals surface area contributed by atoms with Crippen LogP contribution in [0.2, 0.25) is 5.02 Å². The van der Waals surface area contributed by atoms with E-state index >= 15 is 0 Å². The van der Waals surface area contributed by atoms with E-state index in [2.05, 4.69) is 9.97 Å². The molecule has 18 heavy (non-hydrogen) atoms. The minimum Gasteiger partial charge on any atom is -0.472 e. The number of rotatable bonds is 4. The Bertz CT molecular complexity index is 546. The smallest absolute Gasteiger partial charge is 0.222 e. The van der Waals surface area contributed by atoms with Crippen molar-refractivity contribution in [2.45, 2.75) is 20.0 Å². The minimum absolute atomic E-state index is 0.364. The highest BCUT2D eigenvalue weighted by molar-refractivity contribution is 6.31. The summed E-state index contributed by atoms with van der Waals surface area (Å²) in [6.45, 7) is 2.35. The van der Waals surface area contributed by atoms with E-state index in [0.717, 1.165) is 17.5 Å². The molecule has 0 unspecified atom stereocenters. The molecule has 0 atom stereocenters. The van der Waals surface area contributed by atoms with Crippen molar-refractivity contribution in [2.75, 3.05) is 5.73 Å². The molecule has 0 spiro atoms. The first-order valence-electron chi connectivity index (χ1n) is 5.68. The molecule has 0 aliphatic heterocycles. The maximum absolute atomic E-state index is 6.06. The van der Waals surface area contributed by atoms with Gasteiger partial charge in [-0.1, -0.05) is 36.7 Å². The molecule has 0 saturated carbocycles. The standard InChI is InChI=1S/C13H14ClN3O/c1-2-10-12(15)16-8-17-13(10)18-7-9-5-3-4-6-11(9)14/h3-6,8H,2,7H2,1H3,(H2,15,16,17). The van der Waals surface area contributed by atoms with Gasteiger partial charge in [-0.15, -0.1) is 0 Å². The van der Waals surface area contributed by atoms with Gasteiger partial charge in [0.25, 0.3) is 0 Å². The van der Waals surface area contributed by atoms with E-state index in [0.29, 0.717) is 23.3 Å². The van der Waals surface area contributed by atoms with Gasteiger partial charge in [-0.05, 0) is 12.5 Å². The fourth-order valence-electron chi connectivity index (χ4n) is 1.63. The van der Waals surface area contributed by atoms with Gasteiger partial charge in [0.15, 0.2) is 0 Å². The second-order valence-electron chi connectivity index (χ2n) is 3.78. The molecule has 4 nitrogen and oxygen atoms in total. The molecule has 2 N–H and O–H groups in total. The van der Waals surface area contributed by atoms with Gasteiger partial charge in [0.1, 0.15) is 18.8 Å². The van der Waals surface area contributed by atoms with Crippen LogP contribution in [0.4, 0.5) is 5.82 Å². The number of anilines is 1. The third-order valence-corrected chi connectivity index (χ3v) is 2.98. The Morgan fingerprint density at radius 1 is 1.28 bits per heavy atom. The number of halogens is 1. The van der Waals surface area contributed by atoms with Crippen molar-refractivity contribution in [1.82, 2.24) is 9.97 Å². The molecule has 0 aliphatic rings. The topological polar surface area (TPSA) is 61.0 Å². The number of nitrogen functional groups attached to an aromatic ring is 1. The lowest BCUT2D eigenvalue weighted by atomic mass is 10.2. The van der Waals surface area contributed by atoms with Gasteiger partial charge in [-0.25, -0.2) is 9.97 Å². The highest BCUT2D eigenvalue weighted by atomic mass is 35.5. The quantitative estimate of drug-likeness (QED) is 0.921. The van der Waals surface area contributed by atoms with Crippen molar-refractivity contribution in [2.24, 2.45) is 0 Å². The zero-order valence-corrected chi connectivity index (χ0v) is 10.8. The molecule has 1 aromatic carbocycles. The fourth-order valence-corrected chi connectivity index (χ4v) is 1.82. The average molecular weight is 264 g/mol. The first-order chi connectivity index (χ1) is 8.72. The van der Waals surface area contributed by atoms with Crippen molar-refractivity contribution in [1.29, 1.82) is 0 Å². The molecule has 0 radical (unpaired) electrons. The van der Waals surface area contributed by atoms with Gasteiger partial charge >= 0.3 is 0 Å². The van der Waals surface area contributed by atoms with Crippen molar-refractivity contribution < 1.29 is 4.74 Å². The van der Waals surface area contributed by atoms with Crippen LogP contribution < -0.4 is 10.5 Å². The third-order valence-electron chi connectivity index (χ3n) is 2.61. The Morgan fingerprint density at radius 2 is 2.06 bits per heavy atom. The fraction of sp³-hybridized carbons (Fsp3) is 0.231. The van der Waals surface area contributed by atoms with Gasteiger partial charge in [-0.3, -0.25) is 0 Å². The van der Waals surface area contributed by atoms with E-state index in [-0.39, 0.29) is 0 Å². The summed E-state index contributed by atoms with van der Waals surface area (Å²) in [5.74, 6) is 0.978. The monoisotopic (exact) mass is 263 g/mol. The van der Waals surface area contributed by atoms with Gasteiger partial charge in [0, 0.05) is 10.6 Å². The minimum atomic E-state index is 0.364. The van der Waals surface area contributed by atoms with Crippen LogP contribution in [0.25, 0.3) is 0 Å². The summed E-state index contributed by atoms with van der Waals surface area (Å²) < 4.78 is 5.66. The zero-order chi connectivity index (χ0) is 13.0. The lowest BCUT2D eigenvalue weighted by Crippen LogP contribution is -2.05. The van der Waals surface area contributed by atoms with Crippen molar-refractivity contribution in [3.05, 3.63) is 46.7 Å². The number of aromatic nitrogens is 2. The molecule has 2 aromatic rings. The molecule has 0 bridgehead atoms. The Kier molecular flexibility index (Phi) is 3.99. The lowest BCUT2D eigenvalue weighted by molar-refractivity contribution is 0.290. The van der Waals surface area contributed by atoms with E-state index < -0.39 is 0 Å². The summed E-state index contributed by atoms with van der Waals surface area (Å²) in [6.07, 6.45) is 2.13. The SMILES string of the molecule is CCc1c(N)ncnc1OCc1ccccc1Cl. The highest BCUT2D eigenvalue weighted by Crippen LogP contribution is 2.22. The van der Waals surface area contributed by atoms with Crippen molar-refractivity contribution in [3.63, 3.8) is 0 Å². The lowest BCUT2D eigenvalue weighted by Gasteiger charge is -2.11. The van der Waals surface area contributed by atoms with Crippen LogP contribution >= 0.6 is 11.6 Å². The predicted molar refractivity (Wildman–Crippen MR) is 71.6 cm³/mol. The summed E-state index contributed by atoms with van der Waals surface area (Å²) in [4.78, 5) is 8.04. The van der Waals surface area contributed by atoms with Gasteiger partial charge in [0.05, 0.1) is 5.56 Å². The molecule has 0 aliphatic carbocycles. The second-order valence-corrected chi connectivity index (χ2v) is 4.18. The van der Waals surface area contributed by atoms with Crippen molar-refractivity contribution in [3.8, 4) is 5.88 Å². The number of hydrogen-bond acceptors (Lipinski definition) is 4. The second kappa shape index (κ2) is 5.69. The van der Waals surface area contributed by atoms with Gasteiger partial charge in [-0.2, -0.15) is 0 Å². The van der Waals surface area contributed by atoms with Gasteiger partial charge in [0.2, 0.25) is 5.88 Å². The Labute approximate surface area is 111 Å². The van der Waals surface area contributed by atoms with Crippen LogP contribution in [0, 0.1) is 0 Å². The van der Waals surface area contributed by atoms with E-state index in [4.69, 9.17) is 22.1 Å². The predicted octanol–water partition coefficient (Wildman–Crippen LogP) is 2.85. The Morgan fingerprint density at radius 3 is 2.78 bits per heavy atom. The summed E-state index contributed by atoms with van der Waals surface area (Å²) in [5, 5.41) is 0.678. The van der Waals surface area contributed by atoms with Crippen LogP contribution in [0.15, 0.2) is 30.6 Å². The highest BCUT2D eigenvalue weighted by Gasteiger charge is 2.09. The van der Waals surface area contributed by atoms with Crippen LogP contribution in [0.5, 0.6) is 5.88 Å². The van der Waals surface area contributed by atoms with E-state index in [1.54, 1.807) is 0 Å². The molecule has 1 aromatic heterocycles. The molecular weight excluding hydrogens is 250 g/mol. The molecule has 0 saturated heterocycles. The zero-order valence-electron chi connectivity index (χ0n) is 10.1. The third kappa shape index (κ3) is 2.71. The normalized spacial score (nSPS) is 10.3. The molecule has 0 amide bonds. The molecule has 94 valence electrons. The molecule has 5 heteroatoms. The molecule has 2 rings (SSSR count). The van der Waals surface area contributed by atoms with E-state index in [1.165, 1.54) is 6.33 Å². The van der Waals surface area contributed by atoms with Crippen LogP contribution in [0.1, 0.15) is 18.1 Å². The summed E-state index contributed by atoms with van der Waals surface area (Å²) in [6, 6.07) is 7.54. The first-order valence-corrected chi connectivity index (χ1v) is 6.05. The van der Waals surface area contributed by atoms with E-state index in [9.17, 15) is 0 Å². The van der Waals surface area contributed by atoms with Crippen LogP contribution in [-0.4, -0.2) is 9.97 Å². The van der Waals surface area contributed by atoms with Crippen LogP contribution in [0.3, 0.4) is 0 Å². The maximum atomic E-state index is 6.06. The molecule has 1 heterocycles. The summed E-state index contributed by atoms with van der Waals surface area (Å²) in [7, 11) is 0. The average Bonchev–Trinajstić information content (AvgIpc) is 2.38.